The predicted octanol–water partition coefficient (Wildman–Crippen LogP) is 1.05. The molecule has 2 heterocycles. The normalized spacial score (nSPS) is 25.4. The van der Waals surface area contributed by atoms with Gasteiger partial charge in [-0.3, -0.25) is 9.89 Å². The van der Waals surface area contributed by atoms with E-state index in [-0.39, 0.29) is 0 Å². The zero-order valence-electron chi connectivity index (χ0n) is 15.5. The molecule has 1 N–H and O–H groups in total. The first-order valence-electron chi connectivity index (χ1n) is 9.35. The standard InChI is InChI=1S/C17H34N4O2S/c1-4-18-17(21-7-5-16(14-21)13-15(2)3)19-6-8-20-9-11-24(22,23)12-10-20/h15-16H,4-14H2,1-3H3,(H,18,19). The Morgan fingerprint density at radius 3 is 2.58 bits per heavy atom. The summed E-state index contributed by atoms with van der Waals surface area (Å²) in [6.45, 7) is 12.6. The zero-order valence-corrected chi connectivity index (χ0v) is 16.3. The smallest absolute Gasteiger partial charge is 0.193 e. The Labute approximate surface area is 147 Å². The van der Waals surface area contributed by atoms with Gasteiger partial charge in [-0.25, -0.2) is 8.42 Å². The Morgan fingerprint density at radius 2 is 1.96 bits per heavy atom. The van der Waals surface area contributed by atoms with Crippen LogP contribution in [-0.2, 0) is 9.84 Å². The molecule has 2 saturated heterocycles. The second-order valence-electron chi connectivity index (χ2n) is 7.46. The first kappa shape index (κ1) is 19.5. The van der Waals surface area contributed by atoms with Crippen LogP contribution in [0, 0.1) is 11.8 Å². The van der Waals surface area contributed by atoms with Gasteiger partial charge >= 0.3 is 0 Å². The van der Waals surface area contributed by atoms with Crippen molar-refractivity contribution in [2.24, 2.45) is 16.8 Å². The summed E-state index contributed by atoms with van der Waals surface area (Å²) in [5, 5.41) is 3.41. The number of nitrogens with one attached hydrogen (secondary N) is 1. The van der Waals surface area contributed by atoms with Gasteiger partial charge < -0.3 is 10.2 Å². The zero-order chi connectivity index (χ0) is 17.6. The molecule has 2 rings (SSSR count). The topological polar surface area (TPSA) is 65.0 Å². The molecule has 0 saturated carbocycles. The number of aliphatic imine (C=N–C) groups is 1. The lowest BCUT2D eigenvalue weighted by Gasteiger charge is -2.26. The SMILES string of the molecule is CCNC(=NCCN1CCS(=O)(=O)CC1)N1CCC(CC(C)C)C1. The van der Waals surface area contributed by atoms with E-state index >= 15 is 0 Å². The highest BCUT2D eigenvalue weighted by Crippen LogP contribution is 2.23. The van der Waals surface area contributed by atoms with Crippen molar-refractivity contribution in [1.82, 2.24) is 15.1 Å². The maximum absolute atomic E-state index is 11.5. The third kappa shape index (κ3) is 6.24. The van der Waals surface area contributed by atoms with Crippen molar-refractivity contribution >= 4 is 15.8 Å². The molecule has 7 heteroatoms. The number of rotatable bonds is 6. The summed E-state index contributed by atoms with van der Waals surface area (Å²) in [5.74, 6) is 3.14. The molecule has 2 aliphatic rings. The third-order valence-corrected chi connectivity index (χ3v) is 6.45. The molecule has 0 spiro atoms. The number of guanidine groups is 1. The van der Waals surface area contributed by atoms with E-state index in [4.69, 9.17) is 4.99 Å². The summed E-state index contributed by atoms with van der Waals surface area (Å²) in [6, 6.07) is 0. The highest BCUT2D eigenvalue weighted by atomic mass is 32.2. The van der Waals surface area contributed by atoms with Crippen molar-refractivity contribution < 1.29 is 8.42 Å². The van der Waals surface area contributed by atoms with Crippen molar-refractivity contribution in [3.63, 3.8) is 0 Å². The largest absolute Gasteiger partial charge is 0.357 e. The number of sulfone groups is 1. The van der Waals surface area contributed by atoms with Crippen LogP contribution in [0.1, 0.15) is 33.6 Å². The quantitative estimate of drug-likeness (QED) is 0.568. The molecule has 1 atom stereocenters. The first-order chi connectivity index (χ1) is 11.4. The first-order valence-corrected chi connectivity index (χ1v) is 11.2. The third-order valence-electron chi connectivity index (χ3n) is 4.84. The van der Waals surface area contributed by atoms with E-state index in [9.17, 15) is 8.42 Å². The molecule has 0 bridgehead atoms. The lowest BCUT2D eigenvalue weighted by Crippen LogP contribution is -2.43. The van der Waals surface area contributed by atoms with E-state index < -0.39 is 9.84 Å². The van der Waals surface area contributed by atoms with Crippen LogP contribution in [0.4, 0.5) is 0 Å². The maximum Gasteiger partial charge on any atom is 0.193 e. The number of likely N-dealkylation sites (tertiary alicyclic amines) is 1. The lowest BCUT2D eigenvalue weighted by molar-refractivity contribution is 0.303. The molecule has 0 radical (unpaired) electrons. The van der Waals surface area contributed by atoms with Gasteiger partial charge in [-0.05, 0) is 31.6 Å². The Kier molecular flexibility index (Phi) is 7.34. The van der Waals surface area contributed by atoms with Crippen molar-refractivity contribution in [2.45, 2.75) is 33.6 Å². The van der Waals surface area contributed by atoms with Crippen LogP contribution in [0.3, 0.4) is 0 Å². The Morgan fingerprint density at radius 1 is 1.25 bits per heavy atom. The fraction of sp³-hybridized carbons (Fsp3) is 0.941. The molecule has 0 aromatic carbocycles. The van der Waals surface area contributed by atoms with E-state index in [1.807, 2.05) is 0 Å². The summed E-state index contributed by atoms with van der Waals surface area (Å²) >= 11 is 0. The minimum absolute atomic E-state index is 0.291. The molecule has 2 aliphatic heterocycles. The van der Waals surface area contributed by atoms with E-state index in [0.29, 0.717) is 24.6 Å². The van der Waals surface area contributed by atoms with Crippen LogP contribution in [0.5, 0.6) is 0 Å². The minimum atomic E-state index is -2.79. The fourth-order valence-corrected chi connectivity index (χ4v) is 4.86. The van der Waals surface area contributed by atoms with Gasteiger partial charge in [-0.2, -0.15) is 0 Å². The van der Waals surface area contributed by atoms with Crippen LogP contribution in [0.25, 0.3) is 0 Å². The fourth-order valence-electron chi connectivity index (χ4n) is 3.58. The summed E-state index contributed by atoms with van der Waals surface area (Å²) in [7, 11) is -2.79. The van der Waals surface area contributed by atoms with Crippen LogP contribution in [0.2, 0.25) is 0 Å². The number of hydrogen-bond donors (Lipinski definition) is 1. The monoisotopic (exact) mass is 358 g/mol. The Hall–Kier alpha value is -0.820. The van der Waals surface area contributed by atoms with Crippen molar-refractivity contribution in [3.05, 3.63) is 0 Å². The highest BCUT2D eigenvalue weighted by Gasteiger charge is 2.25. The number of hydrogen-bond acceptors (Lipinski definition) is 4. The predicted molar refractivity (Wildman–Crippen MR) is 100 cm³/mol. The van der Waals surface area contributed by atoms with Crippen LogP contribution in [-0.4, -0.2) is 81.5 Å². The van der Waals surface area contributed by atoms with Crippen molar-refractivity contribution in [1.29, 1.82) is 0 Å². The van der Waals surface area contributed by atoms with Crippen LogP contribution < -0.4 is 5.32 Å². The van der Waals surface area contributed by atoms with Gasteiger partial charge in [0.25, 0.3) is 0 Å². The van der Waals surface area contributed by atoms with Gasteiger partial charge in [0.15, 0.2) is 15.8 Å². The molecular weight excluding hydrogens is 324 g/mol. The van der Waals surface area contributed by atoms with E-state index in [1.54, 1.807) is 0 Å². The summed E-state index contributed by atoms with van der Waals surface area (Å²) in [4.78, 5) is 9.37. The van der Waals surface area contributed by atoms with Crippen LogP contribution >= 0.6 is 0 Å². The highest BCUT2D eigenvalue weighted by molar-refractivity contribution is 7.91. The molecule has 0 aliphatic carbocycles. The molecule has 6 nitrogen and oxygen atoms in total. The Bertz CT molecular complexity index is 505. The molecule has 24 heavy (non-hydrogen) atoms. The second-order valence-corrected chi connectivity index (χ2v) is 9.76. The van der Waals surface area contributed by atoms with Gasteiger partial charge in [0.05, 0.1) is 18.1 Å². The summed E-state index contributed by atoms with van der Waals surface area (Å²) in [6.07, 6.45) is 2.55. The van der Waals surface area contributed by atoms with E-state index in [1.165, 1.54) is 12.8 Å². The summed E-state index contributed by atoms with van der Waals surface area (Å²) < 4.78 is 22.9. The Balaban J connectivity index is 1.81. The van der Waals surface area contributed by atoms with Crippen molar-refractivity contribution in [2.75, 3.05) is 57.3 Å². The van der Waals surface area contributed by atoms with Gasteiger partial charge in [-0.1, -0.05) is 13.8 Å². The second kappa shape index (κ2) is 9.04. The average Bonchev–Trinajstić information content (AvgIpc) is 2.95. The molecule has 1 unspecified atom stereocenters. The van der Waals surface area contributed by atoms with Gasteiger partial charge in [0.2, 0.25) is 0 Å². The molecule has 140 valence electrons. The van der Waals surface area contributed by atoms with Crippen LogP contribution in [0.15, 0.2) is 4.99 Å². The molecule has 2 fully saturated rings. The minimum Gasteiger partial charge on any atom is -0.357 e. The maximum atomic E-state index is 11.5. The molecule has 0 aromatic rings. The van der Waals surface area contributed by atoms with Gasteiger partial charge in [0, 0.05) is 39.3 Å². The molecule has 0 amide bonds. The average molecular weight is 359 g/mol. The van der Waals surface area contributed by atoms with Gasteiger partial charge in [-0.15, -0.1) is 0 Å². The van der Waals surface area contributed by atoms with Gasteiger partial charge in [0.1, 0.15) is 0 Å². The number of nitrogens with zero attached hydrogens (tertiary/aromatic N) is 3. The van der Waals surface area contributed by atoms with Crippen molar-refractivity contribution in [3.8, 4) is 0 Å². The summed E-state index contributed by atoms with van der Waals surface area (Å²) in [5.41, 5.74) is 0. The molecule has 0 aromatic heterocycles. The molecular formula is C17H34N4O2S. The van der Waals surface area contributed by atoms with E-state index in [0.717, 1.165) is 50.5 Å². The lowest BCUT2D eigenvalue weighted by atomic mass is 9.97. The van der Waals surface area contributed by atoms with E-state index in [2.05, 4.69) is 35.9 Å².